The van der Waals surface area contributed by atoms with Gasteiger partial charge in [-0.1, -0.05) is 46.3 Å². The molecule has 0 aliphatic carbocycles. The molecular formula is C22H28BrN3O3S. The molecule has 1 amide bonds. The molecule has 6 nitrogen and oxygen atoms in total. The van der Waals surface area contributed by atoms with Crippen LogP contribution in [-0.4, -0.2) is 46.8 Å². The van der Waals surface area contributed by atoms with Gasteiger partial charge in [0.2, 0.25) is 0 Å². The Labute approximate surface area is 187 Å². The van der Waals surface area contributed by atoms with Gasteiger partial charge < -0.3 is 19.4 Å². The second kappa shape index (κ2) is 10.3. The number of aromatic nitrogens is 2. The van der Waals surface area contributed by atoms with Gasteiger partial charge in [0.05, 0.1) is 24.2 Å². The van der Waals surface area contributed by atoms with Crippen LogP contribution in [0.2, 0.25) is 0 Å². The summed E-state index contributed by atoms with van der Waals surface area (Å²) in [5.41, 5.74) is 2.76. The molecule has 30 heavy (non-hydrogen) atoms. The minimum Gasteiger partial charge on any atom is -0.445 e. The highest BCUT2D eigenvalue weighted by molar-refractivity contribution is 9.10. The van der Waals surface area contributed by atoms with Crippen molar-refractivity contribution >= 4 is 43.1 Å². The SMILES string of the molecule is CS(C)(C)CCOCn1c(CNC(=O)OCc2ccccc2)nc2cc(Br)ccc21. The molecule has 0 atom stereocenters. The first kappa shape index (κ1) is 22.7. The van der Waals surface area contributed by atoms with Crippen molar-refractivity contribution < 1.29 is 14.3 Å². The van der Waals surface area contributed by atoms with Crippen LogP contribution in [0, 0.1) is 0 Å². The van der Waals surface area contributed by atoms with Gasteiger partial charge in [0.15, 0.2) is 0 Å². The molecule has 0 radical (unpaired) electrons. The third-order valence-electron chi connectivity index (χ3n) is 4.45. The Morgan fingerprint density at radius 3 is 2.67 bits per heavy atom. The van der Waals surface area contributed by atoms with E-state index in [1.165, 1.54) is 0 Å². The summed E-state index contributed by atoms with van der Waals surface area (Å²) >= 11 is 3.49. The predicted molar refractivity (Wildman–Crippen MR) is 127 cm³/mol. The Hall–Kier alpha value is -2.03. The summed E-state index contributed by atoms with van der Waals surface area (Å²) in [5, 5.41) is 2.79. The van der Waals surface area contributed by atoms with E-state index in [9.17, 15) is 4.79 Å². The van der Waals surface area contributed by atoms with Crippen LogP contribution in [0.1, 0.15) is 11.4 Å². The number of nitrogens with one attached hydrogen (secondary N) is 1. The van der Waals surface area contributed by atoms with Gasteiger partial charge in [-0.2, -0.15) is 0 Å². The summed E-state index contributed by atoms with van der Waals surface area (Å²) in [6, 6.07) is 15.5. The molecule has 8 heteroatoms. The number of carbonyl (C=O) groups excluding carboxylic acids is 1. The number of carbonyl (C=O) groups is 1. The standard InChI is InChI=1S/C22H28BrN3O3S/c1-30(2,3)12-11-28-16-26-20-10-9-18(23)13-19(20)25-21(26)14-24-22(27)29-15-17-7-5-4-6-8-17/h4-10,13H,11-12,14-16H2,1-3H3,(H,24,27). The second-order valence-electron chi connectivity index (χ2n) is 7.84. The van der Waals surface area contributed by atoms with E-state index in [-0.39, 0.29) is 13.2 Å². The molecule has 0 saturated carbocycles. The van der Waals surface area contributed by atoms with Crippen molar-refractivity contribution in [1.82, 2.24) is 14.9 Å². The lowest BCUT2D eigenvalue weighted by Gasteiger charge is -2.24. The highest BCUT2D eigenvalue weighted by atomic mass is 79.9. The lowest BCUT2D eigenvalue weighted by atomic mass is 10.2. The summed E-state index contributed by atoms with van der Waals surface area (Å²) in [7, 11) is -0.604. The van der Waals surface area contributed by atoms with E-state index in [0.717, 1.165) is 32.6 Å². The number of fused-ring (bicyclic) bond motifs is 1. The van der Waals surface area contributed by atoms with Gasteiger partial charge in [-0.05, 0) is 42.5 Å². The van der Waals surface area contributed by atoms with Crippen molar-refractivity contribution in [1.29, 1.82) is 0 Å². The average molecular weight is 494 g/mol. The number of hydrogen-bond donors (Lipinski definition) is 1. The smallest absolute Gasteiger partial charge is 0.407 e. The number of imidazole rings is 1. The number of ether oxygens (including phenoxy) is 2. The lowest BCUT2D eigenvalue weighted by Crippen LogP contribution is -2.25. The second-order valence-corrected chi connectivity index (χ2v) is 13.3. The Kier molecular flexibility index (Phi) is 7.80. The largest absolute Gasteiger partial charge is 0.445 e. The van der Waals surface area contributed by atoms with E-state index in [1.54, 1.807) is 0 Å². The maximum atomic E-state index is 12.1. The number of alkyl carbamates (subject to hydrolysis) is 1. The lowest BCUT2D eigenvalue weighted by molar-refractivity contribution is 0.0897. The van der Waals surface area contributed by atoms with E-state index in [2.05, 4.69) is 45.0 Å². The van der Waals surface area contributed by atoms with Crippen LogP contribution in [0.5, 0.6) is 0 Å². The number of rotatable bonds is 9. The summed E-state index contributed by atoms with van der Waals surface area (Å²) in [6.45, 7) is 1.58. The molecule has 0 unspecified atom stereocenters. The van der Waals surface area contributed by atoms with E-state index >= 15 is 0 Å². The van der Waals surface area contributed by atoms with Crippen molar-refractivity contribution in [3.63, 3.8) is 0 Å². The molecule has 1 aromatic heterocycles. The van der Waals surface area contributed by atoms with E-state index in [1.807, 2.05) is 53.1 Å². The molecule has 0 aliphatic heterocycles. The fourth-order valence-corrected chi connectivity index (χ4v) is 3.79. The fraction of sp³-hybridized carbons (Fsp3) is 0.364. The molecule has 3 rings (SSSR count). The summed E-state index contributed by atoms with van der Waals surface area (Å²) in [5.74, 6) is 1.77. The molecule has 0 saturated heterocycles. The molecule has 162 valence electrons. The minimum atomic E-state index is -0.604. The van der Waals surface area contributed by atoms with Crippen LogP contribution in [0.25, 0.3) is 11.0 Å². The van der Waals surface area contributed by atoms with Gasteiger partial charge >= 0.3 is 6.09 Å². The Morgan fingerprint density at radius 2 is 1.93 bits per heavy atom. The van der Waals surface area contributed by atoms with Gasteiger partial charge in [-0.15, -0.1) is 0 Å². The maximum absolute atomic E-state index is 12.1. The Morgan fingerprint density at radius 1 is 1.17 bits per heavy atom. The molecule has 0 fully saturated rings. The van der Waals surface area contributed by atoms with Gasteiger partial charge in [0, 0.05) is 10.2 Å². The zero-order chi connectivity index (χ0) is 21.6. The molecule has 1 N–H and O–H groups in total. The van der Waals surface area contributed by atoms with Crippen LogP contribution >= 0.6 is 26.0 Å². The molecule has 0 aliphatic rings. The maximum Gasteiger partial charge on any atom is 0.407 e. The Bertz CT molecular complexity index is 986. The van der Waals surface area contributed by atoms with Gasteiger partial charge in [-0.3, -0.25) is 0 Å². The number of benzene rings is 2. The highest BCUT2D eigenvalue weighted by Crippen LogP contribution is 2.33. The van der Waals surface area contributed by atoms with Gasteiger partial charge in [-0.25, -0.2) is 19.8 Å². The molecule has 0 bridgehead atoms. The van der Waals surface area contributed by atoms with Crippen LogP contribution < -0.4 is 5.32 Å². The highest BCUT2D eigenvalue weighted by Gasteiger charge is 2.13. The number of amides is 1. The zero-order valence-corrected chi connectivity index (χ0v) is 20.0. The third-order valence-corrected chi connectivity index (χ3v) is 6.34. The fourth-order valence-electron chi connectivity index (χ4n) is 2.82. The summed E-state index contributed by atoms with van der Waals surface area (Å²) in [4.78, 5) is 16.8. The molecule has 0 spiro atoms. The minimum absolute atomic E-state index is 0.230. The molecular weight excluding hydrogens is 466 g/mol. The van der Waals surface area contributed by atoms with Crippen LogP contribution in [0.3, 0.4) is 0 Å². The van der Waals surface area contributed by atoms with Crippen molar-refractivity contribution in [2.24, 2.45) is 0 Å². The monoisotopic (exact) mass is 493 g/mol. The van der Waals surface area contributed by atoms with Crippen LogP contribution in [0.4, 0.5) is 4.79 Å². The van der Waals surface area contributed by atoms with Gasteiger partial charge in [0.25, 0.3) is 0 Å². The van der Waals surface area contributed by atoms with E-state index < -0.39 is 16.1 Å². The Balaban J connectivity index is 1.63. The number of halogens is 1. The average Bonchev–Trinajstić information content (AvgIpc) is 3.04. The number of hydrogen-bond acceptors (Lipinski definition) is 4. The first-order chi connectivity index (χ1) is 14.3. The first-order valence-electron chi connectivity index (χ1n) is 9.65. The number of nitrogens with zero attached hydrogens (tertiary/aromatic N) is 2. The van der Waals surface area contributed by atoms with Crippen molar-refractivity contribution in [2.45, 2.75) is 19.9 Å². The summed E-state index contributed by atoms with van der Waals surface area (Å²) in [6.07, 6.45) is 6.35. The van der Waals surface area contributed by atoms with Crippen LogP contribution in [0.15, 0.2) is 53.0 Å². The molecule has 2 aromatic carbocycles. The zero-order valence-electron chi connectivity index (χ0n) is 17.6. The van der Waals surface area contributed by atoms with E-state index in [4.69, 9.17) is 9.47 Å². The van der Waals surface area contributed by atoms with E-state index in [0.29, 0.717) is 13.3 Å². The summed E-state index contributed by atoms with van der Waals surface area (Å²) < 4.78 is 14.2. The quantitative estimate of drug-likeness (QED) is 0.430. The molecule has 1 heterocycles. The van der Waals surface area contributed by atoms with Crippen LogP contribution in [-0.2, 0) is 29.4 Å². The van der Waals surface area contributed by atoms with Crippen molar-refractivity contribution in [2.75, 3.05) is 31.1 Å². The molecule has 3 aromatic rings. The first-order valence-corrected chi connectivity index (χ1v) is 13.5. The van der Waals surface area contributed by atoms with Crippen molar-refractivity contribution in [3.05, 3.63) is 64.4 Å². The predicted octanol–water partition coefficient (Wildman–Crippen LogP) is 4.89. The third kappa shape index (κ3) is 6.75. The normalized spacial score (nSPS) is 12.1. The van der Waals surface area contributed by atoms with Gasteiger partial charge in [0.1, 0.15) is 19.2 Å². The van der Waals surface area contributed by atoms with Crippen molar-refractivity contribution in [3.8, 4) is 0 Å². The topological polar surface area (TPSA) is 65.4 Å².